The molecule has 1 fully saturated rings. The second kappa shape index (κ2) is 6.57. The van der Waals surface area contributed by atoms with Crippen LogP contribution in [0.25, 0.3) is 0 Å². The summed E-state index contributed by atoms with van der Waals surface area (Å²) in [5.74, 6) is 5.83. The lowest BCUT2D eigenvalue weighted by Crippen LogP contribution is -2.46. The Morgan fingerprint density at radius 2 is 2.29 bits per heavy atom. The van der Waals surface area contributed by atoms with E-state index >= 15 is 0 Å². The monoisotopic (exact) mass is 378 g/mol. The fraction of sp³-hybridized carbons (Fsp3) is 0.583. The maximum atomic E-state index is 12.8. The van der Waals surface area contributed by atoms with Gasteiger partial charge in [-0.1, -0.05) is 6.92 Å². The lowest BCUT2D eigenvalue weighted by atomic mass is 9.97. The first-order valence-electron chi connectivity index (χ1n) is 6.55. The van der Waals surface area contributed by atoms with Crippen LogP contribution in [0.1, 0.15) is 13.3 Å². The number of ether oxygens (including phenoxy) is 1. The van der Waals surface area contributed by atoms with Gasteiger partial charge in [-0.05, 0) is 34.3 Å². The summed E-state index contributed by atoms with van der Waals surface area (Å²) in [4.78, 5) is 4.05. The normalized spacial score (nSPS) is 24.0. The van der Waals surface area contributed by atoms with E-state index in [1.807, 2.05) is 0 Å². The lowest BCUT2D eigenvalue weighted by molar-refractivity contribution is 0.0184. The molecule has 2 heterocycles. The summed E-state index contributed by atoms with van der Waals surface area (Å²) in [5, 5.41) is 0. The predicted octanol–water partition coefficient (Wildman–Crippen LogP) is 1.18. The van der Waals surface area contributed by atoms with Crippen LogP contribution in [-0.2, 0) is 14.8 Å². The van der Waals surface area contributed by atoms with E-state index < -0.39 is 10.0 Å². The van der Waals surface area contributed by atoms with Crippen LogP contribution < -0.4 is 11.3 Å². The first-order valence-corrected chi connectivity index (χ1v) is 8.78. The highest BCUT2D eigenvalue weighted by molar-refractivity contribution is 9.10. The molecule has 2 unspecified atom stereocenters. The summed E-state index contributed by atoms with van der Waals surface area (Å²) in [5.41, 5.74) is 2.33. The van der Waals surface area contributed by atoms with Gasteiger partial charge in [0.05, 0.1) is 6.10 Å². The largest absolute Gasteiger partial charge is 0.380 e. The summed E-state index contributed by atoms with van der Waals surface area (Å²) < 4.78 is 33.0. The molecule has 1 aliphatic heterocycles. The highest BCUT2D eigenvalue weighted by Crippen LogP contribution is 2.29. The molecule has 3 N–H and O–H groups in total. The van der Waals surface area contributed by atoms with Crippen LogP contribution in [0.5, 0.6) is 0 Å². The van der Waals surface area contributed by atoms with Crippen LogP contribution in [0.15, 0.2) is 21.6 Å². The van der Waals surface area contributed by atoms with Crippen molar-refractivity contribution in [2.75, 3.05) is 25.6 Å². The molecule has 0 aromatic carbocycles. The first-order chi connectivity index (χ1) is 9.90. The molecule has 1 aromatic heterocycles. The number of nitrogens with zero attached hydrogens (tertiary/aromatic N) is 2. The number of piperidine rings is 1. The zero-order valence-electron chi connectivity index (χ0n) is 11.9. The van der Waals surface area contributed by atoms with Crippen molar-refractivity contribution >= 4 is 31.8 Å². The average Bonchev–Trinajstić information content (AvgIpc) is 2.47. The number of anilines is 1. The molecule has 0 bridgehead atoms. The summed E-state index contributed by atoms with van der Waals surface area (Å²) in [7, 11) is -2.07. The van der Waals surface area contributed by atoms with E-state index in [4.69, 9.17) is 10.6 Å². The molecule has 2 atom stereocenters. The lowest BCUT2D eigenvalue weighted by Gasteiger charge is -2.35. The fourth-order valence-corrected chi connectivity index (χ4v) is 4.48. The van der Waals surface area contributed by atoms with Crippen molar-refractivity contribution in [3.63, 3.8) is 0 Å². The highest BCUT2D eigenvalue weighted by atomic mass is 79.9. The highest BCUT2D eigenvalue weighted by Gasteiger charge is 2.35. The number of halogens is 1. The van der Waals surface area contributed by atoms with Gasteiger partial charge in [-0.2, -0.15) is 4.31 Å². The van der Waals surface area contributed by atoms with E-state index in [0.717, 1.165) is 6.42 Å². The van der Waals surface area contributed by atoms with Gasteiger partial charge in [0.25, 0.3) is 0 Å². The number of aromatic nitrogens is 1. The maximum absolute atomic E-state index is 12.8. The Balaban J connectivity index is 2.36. The van der Waals surface area contributed by atoms with Crippen molar-refractivity contribution in [3.8, 4) is 0 Å². The van der Waals surface area contributed by atoms with E-state index in [9.17, 15) is 8.42 Å². The minimum atomic E-state index is -3.68. The number of hydrazine groups is 1. The van der Waals surface area contributed by atoms with Gasteiger partial charge in [-0.3, -0.25) is 0 Å². The van der Waals surface area contributed by atoms with Gasteiger partial charge in [0.1, 0.15) is 4.90 Å². The summed E-state index contributed by atoms with van der Waals surface area (Å²) in [6.07, 6.45) is 2.14. The van der Waals surface area contributed by atoms with Gasteiger partial charge in [0.2, 0.25) is 10.0 Å². The molecule has 1 aliphatic rings. The van der Waals surface area contributed by atoms with Crippen molar-refractivity contribution in [2.24, 2.45) is 11.8 Å². The van der Waals surface area contributed by atoms with Crippen molar-refractivity contribution in [1.82, 2.24) is 9.29 Å². The van der Waals surface area contributed by atoms with Crippen LogP contribution >= 0.6 is 15.9 Å². The SMILES string of the molecule is COC1CN(S(=O)(=O)c2cc(Br)cnc2NN)CCC1C. The molecular weight excluding hydrogens is 360 g/mol. The predicted molar refractivity (Wildman–Crippen MR) is 83.1 cm³/mol. The number of hydrogen-bond acceptors (Lipinski definition) is 6. The summed E-state index contributed by atoms with van der Waals surface area (Å²) in [6.45, 7) is 2.85. The van der Waals surface area contributed by atoms with Crippen molar-refractivity contribution in [2.45, 2.75) is 24.3 Å². The van der Waals surface area contributed by atoms with Crippen LogP contribution in [0.3, 0.4) is 0 Å². The molecule has 0 radical (unpaired) electrons. The first kappa shape index (κ1) is 16.6. The molecule has 0 amide bonds. The van der Waals surface area contributed by atoms with Gasteiger partial charge in [0, 0.05) is 30.9 Å². The smallest absolute Gasteiger partial charge is 0.246 e. The van der Waals surface area contributed by atoms with Gasteiger partial charge in [0.15, 0.2) is 5.82 Å². The Hall–Kier alpha value is -0.740. The van der Waals surface area contributed by atoms with E-state index in [1.54, 1.807) is 7.11 Å². The molecule has 1 saturated heterocycles. The molecule has 0 saturated carbocycles. The van der Waals surface area contributed by atoms with Crippen molar-refractivity contribution < 1.29 is 13.2 Å². The minimum absolute atomic E-state index is 0.0591. The Labute approximate surface area is 133 Å². The van der Waals surface area contributed by atoms with Crippen molar-refractivity contribution in [3.05, 3.63) is 16.7 Å². The number of methoxy groups -OCH3 is 1. The number of pyridine rings is 1. The zero-order valence-corrected chi connectivity index (χ0v) is 14.3. The summed E-state index contributed by atoms with van der Waals surface area (Å²) in [6, 6.07) is 1.50. The molecule has 1 aromatic rings. The van der Waals surface area contributed by atoms with E-state index in [2.05, 4.69) is 33.3 Å². The van der Waals surface area contributed by atoms with Crippen LogP contribution in [0.4, 0.5) is 5.82 Å². The maximum Gasteiger partial charge on any atom is 0.246 e. The topological polar surface area (TPSA) is 97.5 Å². The third-order valence-corrected chi connectivity index (χ3v) is 6.04. The second-order valence-electron chi connectivity index (χ2n) is 5.05. The van der Waals surface area contributed by atoms with Crippen LogP contribution in [0, 0.1) is 5.92 Å². The van der Waals surface area contributed by atoms with Crippen LogP contribution in [0.2, 0.25) is 0 Å². The Kier molecular flexibility index (Phi) is 5.20. The molecular formula is C12H19BrN4O3S. The van der Waals surface area contributed by atoms with E-state index in [-0.39, 0.29) is 16.8 Å². The molecule has 0 spiro atoms. The second-order valence-corrected chi connectivity index (χ2v) is 7.87. The van der Waals surface area contributed by atoms with E-state index in [1.165, 1.54) is 16.6 Å². The summed E-state index contributed by atoms with van der Waals surface area (Å²) >= 11 is 3.24. The number of sulfonamides is 1. The third-order valence-electron chi connectivity index (χ3n) is 3.73. The number of hydrogen-bond donors (Lipinski definition) is 2. The fourth-order valence-electron chi connectivity index (χ4n) is 2.40. The molecule has 21 heavy (non-hydrogen) atoms. The zero-order chi connectivity index (χ0) is 15.6. The number of nitrogens with two attached hydrogens (primary N) is 1. The third kappa shape index (κ3) is 3.37. The van der Waals surface area contributed by atoms with Crippen LogP contribution in [-0.4, -0.2) is 44.0 Å². The molecule has 2 rings (SSSR count). The average molecular weight is 379 g/mol. The van der Waals surface area contributed by atoms with Gasteiger partial charge >= 0.3 is 0 Å². The van der Waals surface area contributed by atoms with Gasteiger partial charge in [-0.25, -0.2) is 19.2 Å². The van der Waals surface area contributed by atoms with Gasteiger partial charge < -0.3 is 10.2 Å². The molecule has 7 nitrogen and oxygen atoms in total. The Morgan fingerprint density at radius 3 is 2.90 bits per heavy atom. The Bertz CT molecular complexity index is 611. The standard InChI is InChI=1S/C12H19BrN4O3S/c1-8-3-4-17(7-10(8)20-2)21(18,19)11-5-9(13)6-15-12(11)16-14/h5-6,8,10H,3-4,7,14H2,1-2H3,(H,15,16). The Morgan fingerprint density at radius 1 is 1.57 bits per heavy atom. The minimum Gasteiger partial charge on any atom is -0.380 e. The quantitative estimate of drug-likeness (QED) is 0.602. The molecule has 118 valence electrons. The molecule has 0 aliphatic carbocycles. The van der Waals surface area contributed by atoms with E-state index in [0.29, 0.717) is 23.5 Å². The number of nitrogen functional groups attached to an aromatic ring is 1. The van der Waals surface area contributed by atoms with Gasteiger partial charge in [-0.15, -0.1) is 0 Å². The number of rotatable bonds is 4. The van der Waals surface area contributed by atoms with Crippen molar-refractivity contribution in [1.29, 1.82) is 0 Å². The number of nitrogens with one attached hydrogen (secondary N) is 1. The molecule has 9 heteroatoms.